The molecule has 1 aliphatic rings. The first-order chi connectivity index (χ1) is 14.5. The van der Waals surface area contributed by atoms with E-state index in [9.17, 15) is 28.2 Å². The van der Waals surface area contributed by atoms with Gasteiger partial charge in [0, 0.05) is 30.5 Å². The molecule has 9 heteroatoms. The van der Waals surface area contributed by atoms with Crippen molar-refractivity contribution in [1.29, 1.82) is 0 Å². The number of aryl methyl sites for hydroxylation is 1. The molecule has 31 heavy (non-hydrogen) atoms. The number of pyridine rings is 1. The molecular formula is C22H24F3N3O3. The van der Waals surface area contributed by atoms with Crippen molar-refractivity contribution >= 4 is 17.3 Å². The average Bonchev–Trinajstić information content (AvgIpc) is 2.73. The van der Waals surface area contributed by atoms with E-state index in [1.165, 1.54) is 25.3 Å². The lowest BCUT2D eigenvalue weighted by molar-refractivity contribution is -0.137. The van der Waals surface area contributed by atoms with Gasteiger partial charge in [0.05, 0.1) is 17.9 Å². The van der Waals surface area contributed by atoms with Gasteiger partial charge in [-0.15, -0.1) is 0 Å². The maximum absolute atomic E-state index is 12.6. The first kappa shape index (κ1) is 22.8. The van der Waals surface area contributed by atoms with Crippen LogP contribution in [0.5, 0.6) is 0 Å². The van der Waals surface area contributed by atoms with Crippen LogP contribution in [-0.4, -0.2) is 45.8 Å². The molecule has 2 amide bonds. The average molecular weight is 435 g/mol. The molecule has 0 saturated carbocycles. The van der Waals surface area contributed by atoms with E-state index in [4.69, 9.17) is 0 Å². The van der Waals surface area contributed by atoms with Crippen molar-refractivity contribution in [2.75, 3.05) is 25.0 Å². The van der Waals surface area contributed by atoms with E-state index in [0.717, 1.165) is 29.0 Å². The van der Waals surface area contributed by atoms with E-state index in [1.807, 2.05) is 13.0 Å². The van der Waals surface area contributed by atoms with Crippen molar-refractivity contribution in [2.24, 2.45) is 0 Å². The number of urea groups is 1. The molecule has 1 aromatic heterocycles. The van der Waals surface area contributed by atoms with Gasteiger partial charge in [0.2, 0.25) is 0 Å². The second kappa shape index (κ2) is 8.68. The van der Waals surface area contributed by atoms with Crippen molar-refractivity contribution in [3.63, 3.8) is 0 Å². The lowest BCUT2D eigenvalue weighted by Gasteiger charge is -2.27. The van der Waals surface area contributed by atoms with Crippen LogP contribution in [0.3, 0.4) is 0 Å². The molecular weight excluding hydrogens is 411 g/mol. The number of amides is 2. The third kappa shape index (κ3) is 5.23. The largest absolute Gasteiger partial charge is 0.416 e. The standard InChI is InChI=1S/C22H24F3N3O3/c1-14-11-17(21(2,31)13-29)12-26-19(14)15-7-9-28(10-8-15)20(30)27-18-5-3-16(4-6-18)22(23,24)25/h3-7,11-12,29,31H,8-10,13H2,1-2H3,(H,27,30). The number of carbonyl (C=O) groups excluding carboxylic acids is 1. The number of aliphatic hydroxyl groups excluding tert-OH is 1. The van der Waals surface area contributed by atoms with Gasteiger partial charge in [-0.3, -0.25) is 4.98 Å². The topological polar surface area (TPSA) is 85.7 Å². The fraction of sp³-hybridized carbons (Fsp3) is 0.364. The monoisotopic (exact) mass is 435 g/mol. The summed E-state index contributed by atoms with van der Waals surface area (Å²) in [7, 11) is 0. The number of aliphatic hydroxyl groups is 2. The molecule has 0 aliphatic carbocycles. The Labute approximate surface area is 178 Å². The molecule has 1 aliphatic heterocycles. The van der Waals surface area contributed by atoms with E-state index in [0.29, 0.717) is 25.1 Å². The molecule has 0 saturated heterocycles. The van der Waals surface area contributed by atoms with Crippen LogP contribution < -0.4 is 5.32 Å². The zero-order chi connectivity index (χ0) is 22.8. The van der Waals surface area contributed by atoms with Gasteiger partial charge in [0.25, 0.3) is 0 Å². The van der Waals surface area contributed by atoms with Gasteiger partial charge >= 0.3 is 12.2 Å². The van der Waals surface area contributed by atoms with Crippen LogP contribution in [0.15, 0.2) is 42.6 Å². The van der Waals surface area contributed by atoms with Crippen LogP contribution in [0, 0.1) is 6.92 Å². The summed E-state index contributed by atoms with van der Waals surface area (Å²) >= 11 is 0. The number of carbonyl (C=O) groups is 1. The smallest absolute Gasteiger partial charge is 0.393 e. The van der Waals surface area contributed by atoms with E-state index < -0.39 is 30.0 Å². The lowest BCUT2D eigenvalue weighted by Crippen LogP contribution is -2.38. The highest BCUT2D eigenvalue weighted by Gasteiger charge is 2.30. The molecule has 0 fully saturated rings. The van der Waals surface area contributed by atoms with Crippen LogP contribution in [0.25, 0.3) is 5.57 Å². The van der Waals surface area contributed by atoms with Crippen LogP contribution in [0.1, 0.15) is 35.7 Å². The van der Waals surface area contributed by atoms with Gasteiger partial charge in [-0.25, -0.2) is 4.79 Å². The summed E-state index contributed by atoms with van der Waals surface area (Å²) in [5, 5.41) is 22.1. The number of benzene rings is 1. The van der Waals surface area contributed by atoms with Crippen molar-refractivity contribution in [3.8, 4) is 0 Å². The first-order valence-corrected chi connectivity index (χ1v) is 9.74. The fourth-order valence-corrected chi connectivity index (χ4v) is 3.31. The Hall–Kier alpha value is -2.91. The molecule has 2 aromatic rings. The summed E-state index contributed by atoms with van der Waals surface area (Å²) in [6.07, 6.45) is -0.447. The van der Waals surface area contributed by atoms with E-state index >= 15 is 0 Å². The van der Waals surface area contributed by atoms with Crippen molar-refractivity contribution < 1.29 is 28.2 Å². The number of nitrogens with zero attached hydrogens (tertiary/aromatic N) is 2. The normalized spacial score (nSPS) is 16.5. The molecule has 6 nitrogen and oxygen atoms in total. The molecule has 166 valence electrons. The Morgan fingerprint density at radius 3 is 2.42 bits per heavy atom. The van der Waals surface area contributed by atoms with Crippen molar-refractivity contribution in [2.45, 2.75) is 32.0 Å². The molecule has 0 radical (unpaired) electrons. The second-order valence-corrected chi connectivity index (χ2v) is 7.75. The number of hydrogen-bond acceptors (Lipinski definition) is 4. The van der Waals surface area contributed by atoms with E-state index in [2.05, 4.69) is 10.3 Å². The lowest BCUT2D eigenvalue weighted by atomic mass is 9.94. The van der Waals surface area contributed by atoms with Gasteiger partial charge < -0.3 is 20.4 Å². The predicted molar refractivity (Wildman–Crippen MR) is 110 cm³/mol. The fourth-order valence-electron chi connectivity index (χ4n) is 3.31. The number of hydrogen-bond donors (Lipinski definition) is 3. The second-order valence-electron chi connectivity index (χ2n) is 7.75. The Morgan fingerprint density at radius 2 is 1.90 bits per heavy atom. The van der Waals surface area contributed by atoms with Crippen LogP contribution in [0.2, 0.25) is 0 Å². The summed E-state index contributed by atoms with van der Waals surface area (Å²) in [6, 6.07) is 5.69. The summed E-state index contributed by atoms with van der Waals surface area (Å²) in [5.74, 6) is 0. The van der Waals surface area contributed by atoms with Crippen LogP contribution >= 0.6 is 0 Å². The summed E-state index contributed by atoms with van der Waals surface area (Å²) in [6.45, 7) is 3.72. The SMILES string of the molecule is Cc1cc(C(C)(O)CO)cnc1C1=CCN(C(=O)Nc2ccc(C(F)(F)F)cc2)CC1. The maximum atomic E-state index is 12.6. The number of alkyl halides is 3. The van der Waals surface area contributed by atoms with Crippen LogP contribution in [-0.2, 0) is 11.8 Å². The Morgan fingerprint density at radius 1 is 1.23 bits per heavy atom. The highest BCUT2D eigenvalue weighted by Crippen LogP contribution is 2.30. The quantitative estimate of drug-likeness (QED) is 0.679. The highest BCUT2D eigenvalue weighted by atomic mass is 19.4. The Balaban J connectivity index is 1.65. The summed E-state index contributed by atoms with van der Waals surface area (Å²) in [4.78, 5) is 18.4. The Kier molecular flexibility index (Phi) is 6.38. The summed E-state index contributed by atoms with van der Waals surface area (Å²) < 4.78 is 37.9. The Bertz CT molecular complexity index is 986. The third-order valence-corrected chi connectivity index (χ3v) is 5.27. The summed E-state index contributed by atoms with van der Waals surface area (Å²) in [5.41, 5.74) is 1.24. The molecule has 3 N–H and O–H groups in total. The zero-order valence-electron chi connectivity index (χ0n) is 17.2. The maximum Gasteiger partial charge on any atom is 0.416 e. The van der Waals surface area contributed by atoms with E-state index in [1.54, 1.807) is 11.0 Å². The molecule has 3 rings (SSSR count). The van der Waals surface area contributed by atoms with Gasteiger partial charge in [0.1, 0.15) is 5.60 Å². The van der Waals surface area contributed by atoms with Gasteiger partial charge in [-0.2, -0.15) is 13.2 Å². The number of aromatic nitrogens is 1. The molecule has 1 aromatic carbocycles. The third-order valence-electron chi connectivity index (χ3n) is 5.27. The zero-order valence-corrected chi connectivity index (χ0v) is 17.2. The molecule has 0 spiro atoms. The minimum absolute atomic E-state index is 0.289. The van der Waals surface area contributed by atoms with Crippen LogP contribution in [0.4, 0.5) is 23.7 Å². The number of anilines is 1. The number of halogens is 3. The van der Waals surface area contributed by atoms with E-state index in [-0.39, 0.29) is 5.69 Å². The van der Waals surface area contributed by atoms with Gasteiger partial charge in [0.15, 0.2) is 0 Å². The number of rotatable bonds is 4. The minimum Gasteiger partial charge on any atom is -0.393 e. The highest BCUT2D eigenvalue weighted by molar-refractivity contribution is 5.90. The molecule has 2 heterocycles. The minimum atomic E-state index is -4.42. The molecule has 0 bridgehead atoms. The number of nitrogens with one attached hydrogen (secondary N) is 1. The van der Waals surface area contributed by atoms with Gasteiger partial charge in [-0.05, 0) is 61.7 Å². The predicted octanol–water partition coefficient (Wildman–Crippen LogP) is 3.93. The molecule has 1 atom stereocenters. The first-order valence-electron chi connectivity index (χ1n) is 9.74. The van der Waals surface area contributed by atoms with Crippen molar-refractivity contribution in [3.05, 3.63) is 65.0 Å². The van der Waals surface area contributed by atoms with Gasteiger partial charge in [-0.1, -0.05) is 6.08 Å². The molecule has 1 unspecified atom stereocenters. The van der Waals surface area contributed by atoms with Crippen molar-refractivity contribution in [1.82, 2.24) is 9.88 Å².